The van der Waals surface area contributed by atoms with Crippen molar-refractivity contribution in [2.75, 3.05) is 13.2 Å². The second-order valence-electron chi connectivity index (χ2n) is 4.00. The number of aliphatic hydroxyl groups is 1. The first-order valence-electron chi connectivity index (χ1n) is 5.20. The Morgan fingerprint density at radius 2 is 2.20 bits per heavy atom. The first kappa shape index (κ1) is 11.4. The number of halogens is 1. The molecule has 1 aromatic heterocycles. The van der Waals surface area contributed by atoms with E-state index in [2.05, 4.69) is 0 Å². The van der Waals surface area contributed by atoms with Crippen molar-refractivity contribution >= 4 is 22.9 Å². The number of rotatable bonds is 2. The summed E-state index contributed by atoms with van der Waals surface area (Å²) in [4.78, 5) is 0.990. The van der Waals surface area contributed by atoms with E-state index in [9.17, 15) is 5.11 Å². The van der Waals surface area contributed by atoms with Gasteiger partial charge in [-0.3, -0.25) is 0 Å². The smallest absolute Gasteiger partial charge is 0.0961 e. The van der Waals surface area contributed by atoms with Crippen molar-refractivity contribution in [3.05, 3.63) is 20.8 Å². The molecule has 1 N–H and O–H groups in total. The van der Waals surface area contributed by atoms with E-state index >= 15 is 0 Å². The molecular weight excluding hydrogens is 232 g/mol. The summed E-state index contributed by atoms with van der Waals surface area (Å²) in [7, 11) is 0. The fourth-order valence-corrected chi connectivity index (χ4v) is 3.19. The topological polar surface area (TPSA) is 29.5 Å². The molecule has 0 amide bonds. The van der Waals surface area contributed by atoms with Crippen LogP contribution in [-0.2, 0) is 4.74 Å². The van der Waals surface area contributed by atoms with Crippen LogP contribution < -0.4 is 0 Å². The Hall–Kier alpha value is -0.0900. The highest BCUT2D eigenvalue weighted by Crippen LogP contribution is 2.37. The van der Waals surface area contributed by atoms with Gasteiger partial charge in [-0.05, 0) is 37.3 Å². The number of hydrogen-bond acceptors (Lipinski definition) is 3. The molecule has 1 saturated heterocycles. The van der Waals surface area contributed by atoms with Crippen LogP contribution in [0.1, 0.15) is 29.4 Å². The van der Waals surface area contributed by atoms with Crippen molar-refractivity contribution in [2.45, 2.75) is 25.9 Å². The summed E-state index contributed by atoms with van der Waals surface area (Å²) in [5.41, 5.74) is 1.06. The van der Waals surface area contributed by atoms with E-state index in [1.165, 1.54) is 11.3 Å². The molecule has 4 heteroatoms. The van der Waals surface area contributed by atoms with Crippen LogP contribution in [0.2, 0.25) is 4.34 Å². The van der Waals surface area contributed by atoms with E-state index in [1.807, 2.05) is 13.0 Å². The quantitative estimate of drug-likeness (QED) is 0.869. The number of hydrogen-bond donors (Lipinski definition) is 1. The third-order valence-electron chi connectivity index (χ3n) is 2.88. The van der Waals surface area contributed by atoms with Gasteiger partial charge in [-0.1, -0.05) is 11.6 Å². The Labute approximate surface area is 98.8 Å². The van der Waals surface area contributed by atoms with Gasteiger partial charge in [0.1, 0.15) is 0 Å². The summed E-state index contributed by atoms with van der Waals surface area (Å²) in [6, 6.07) is 1.99. The van der Waals surface area contributed by atoms with Gasteiger partial charge >= 0.3 is 0 Å². The molecule has 0 bridgehead atoms. The van der Waals surface area contributed by atoms with E-state index < -0.39 is 0 Å². The van der Waals surface area contributed by atoms with Crippen molar-refractivity contribution < 1.29 is 9.84 Å². The lowest BCUT2D eigenvalue weighted by atomic mass is 9.93. The maximum atomic E-state index is 10.2. The highest BCUT2D eigenvalue weighted by Gasteiger charge is 2.25. The molecule has 0 aromatic carbocycles. The van der Waals surface area contributed by atoms with Crippen LogP contribution in [0.15, 0.2) is 6.07 Å². The van der Waals surface area contributed by atoms with E-state index in [1.54, 1.807) is 0 Å². The Kier molecular flexibility index (Phi) is 3.67. The van der Waals surface area contributed by atoms with Gasteiger partial charge in [0.05, 0.1) is 10.4 Å². The molecule has 0 spiro atoms. The van der Waals surface area contributed by atoms with Crippen LogP contribution in [0.4, 0.5) is 0 Å². The van der Waals surface area contributed by atoms with Crippen LogP contribution in [0, 0.1) is 12.8 Å². The average molecular weight is 247 g/mol. The molecule has 15 heavy (non-hydrogen) atoms. The largest absolute Gasteiger partial charge is 0.387 e. The predicted molar refractivity (Wildman–Crippen MR) is 62.6 cm³/mol. The van der Waals surface area contributed by atoms with Crippen molar-refractivity contribution in [3.8, 4) is 0 Å². The standard InChI is InChI=1S/C11H15ClO2S/c1-7-6-9(15-11(7)12)10(13)8-2-4-14-5-3-8/h6,8,10,13H,2-5H2,1H3. The summed E-state index contributed by atoms with van der Waals surface area (Å²) in [5, 5.41) is 10.2. The Morgan fingerprint density at radius 1 is 1.53 bits per heavy atom. The molecule has 0 radical (unpaired) electrons. The fourth-order valence-electron chi connectivity index (χ4n) is 1.89. The van der Waals surface area contributed by atoms with E-state index in [0.717, 1.165) is 40.8 Å². The summed E-state index contributed by atoms with van der Waals surface area (Å²) in [6.45, 7) is 3.50. The molecule has 1 fully saturated rings. The zero-order chi connectivity index (χ0) is 10.8. The Balaban J connectivity index is 2.08. The molecule has 2 nitrogen and oxygen atoms in total. The zero-order valence-electron chi connectivity index (χ0n) is 8.70. The summed E-state index contributed by atoms with van der Waals surface area (Å²) in [6.07, 6.45) is 1.51. The number of ether oxygens (including phenoxy) is 1. The molecule has 2 heterocycles. The van der Waals surface area contributed by atoms with Crippen molar-refractivity contribution in [1.82, 2.24) is 0 Å². The van der Waals surface area contributed by atoms with Crippen LogP contribution in [0.3, 0.4) is 0 Å². The summed E-state index contributed by atoms with van der Waals surface area (Å²) in [5.74, 6) is 0.327. The van der Waals surface area contributed by atoms with Gasteiger partial charge < -0.3 is 9.84 Å². The van der Waals surface area contributed by atoms with Crippen LogP contribution in [-0.4, -0.2) is 18.3 Å². The van der Waals surface area contributed by atoms with Crippen molar-refractivity contribution in [3.63, 3.8) is 0 Å². The third-order valence-corrected chi connectivity index (χ3v) is 4.51. The minimum Gasteiger partial charge on any atom is -0.387 e. The highest BCUT2D eigenvalue weighted by molar-refractivity contribution is 7.16. The molecule has 1 aromatic rings. The lowest BCUT2D eigenvalue weighted by Gasteiger charge is -2.25. The van der Waals surface area contributed by atoms with Crippen molar-refractivity contribution in [1.29, 1.82) is 0 Å². The normalized spacial score (nSPS) is 20.5. The van der Waals surface area contributed by atoms with Gasteiger partial charge in [0.15, 0.2) is 0 Å². The second-order valence-corrected chi connectivity index (χ2v) is 5.69. The number of aryl methyl sites for hydroxylation is 1. The third kappa shape index (κ3) is 2.53. The van der Waals surface area contributed by atoms with Gasteiger partial charge in [-0.15, -0.1) is 11.3 Å². The van der Waals surface area contributed by atoms with Crippen LogP contribution >= 0.6 is 22.9 Å². The summed E-state index contributed by atoms with van der Waals surface area (Å²) < 4.78 is 6.07. The lowest BCUT2D eigenvalue weighted by Crippen LogP contribution is -2.21. The Bertz CT molecular complexity index is 312. The number of aliphatic hydroxyl groups excluding tert-OH is 1. The first-order chi connectivity index (χ1) is 7.18. The highest BCUT2D eigenvalue weighted by atomic mass is 35.5. The maximum Gasteiger partial charge on any atom is 0.0961 e. The predicted octanol–water partition coefficient (Wildman–Crippen LogP) is 3.17. The molecule has 1 aliphatic heterocycles. The minimum absolute atomic E-state index is 0.327. The maximum absolute atomic E-state index is 10.2. The molecule has 1 atom stereocenters. The first-order valence-corrected chi connectivity index (χ1v) is 6.39. The van der Waals surface area contributed by atoms with E-state index in [0.29, 0.717) is 5.92 Å². The van der Waals surface area contributed by atoms with Gasteiger partial charge in [0, 0.05) is 18.1 Å². The monoisotopic (exact) mass is 246 g/mol. The molecule has 1 aliphatic rings. The fraction of sp³-hybridized carbons (Fsp3) is 0.636. The average Bonchev–Trinajstić information content (AvgIpc) is 2.59. The molecule has 84 valence electrons. The minimum atomic E-state index is -0.370. The van der Waals surface area contributed by atoms with Gasteiger partial charge in [0.2, 0.25) is 0 Å². The molecule has 0 aliphatic carbocycles. The molecule has 2 rings (SSSR count). The summed E-state index contributed by atoms with van der Waals surface area (Å²) >= 11 is 7.49. The molecule has 0 saturated carbocycles. The second kappa shape index (κ2) is 4.83. The van der Waals surface area contributed by atoms with Crippen LogP contribution in [0.25, 0.3) is 0 Å². The van der Waals surface area contributed by atoms with Gasteiger partial charge in [-0.2, -0.15) is 0 Å². The van der Waals surface area contributed by atoms with Crippen LogP contribution in [0.5, 0.6) is 0 Å². The van der Waals surface area contributed by atoms with Gasteiger partial charge in [-0.25, -0.2) is 0 Å². The Morgan fingerprint density at radius 3 is 2.73 bits per heavy atom. The molecular formula is C11H15ClO2S. The van der Waals surface area contributed by atoms with Crippen molar-refractivity contribution in [2.24, 2.45) is 5.92 Å². The number of thiophene rings is 1. The lowest BCUT2D eigenvalue weighted by molar-refractivity contribution is 0.00853. The van der Waals surface area contributed by atoms with Gasteiger partial charge in [0.25, 0.3) is 0 Å². The molecule has 1 unspecified atom stereocenters. The van der Waals surface area contributed by atoms with E-state index in [-0.39, 0.29) is 6.10 Å². The zero-order valence-corrected chi connectivity index (χ0v) is 10.3. The SMILES string of the molecule is Cc1cc(C(O)C2CCOCC2)sc1Cl. The van der Waals surface area contributed by atoms with E-state index in [4.69, 9.17) is 16.3 Å².